The second kappa shape index (κ2) is 7.22. The van der Waals surface area contributed by atoms with E-state index in [1.54, 1.807) is 4.68 Å². The first-order valence-electron chi connectivity index (χ1n) is 6.79. The molecule has 2 aromatic rings. The van der Waals surface area contributed by atoms with Gasteiger partial charge in [0.1, 0.15) is 0 Å². The van der Waals surface area contributed by atoms with Gasteiger partial charge in [-0.3, -0.25) is 0 Å². The van der Waals surface area contributed by atoms with Gasteiger partial charge >= 0.3 is 6.03 Å². The van der Waals surface area contributed by atoms with E-state index in [9.17, 15) is 4.79 Å². The van der Waals surface area contributed by atoms with E-state index in [0.717, 1.165) is 5.69 Å². The highest BCUT2D eigenvalue weighted by Gasteiger charge is 2.07. The van der Waals surface area contributed by atoms with Gasteiger partial charge in [-0.1, -0.05) is 23.3 Å². The van der Waals surface area contributed by atoms with E-state index in [0.29, 0.717) is 19.0 Å². The number of amides is 2. The summed E-state index contributed by atoms with van der Waals surface area (Å²) >= 11 is 0. The van der Waals surface area contributed by atoms with Gasteiger partial charge in [0, 0.05) is 19.1 Å². The summed E-state index contributed by atoms with van der Waals surface area (Å²) in [4.78, 5) is 11.4. The van der Waals surface area contributed by atoms with Gasteiger partial charge in [-0.05, 0) is 36.4 Å². The third kappa shape index (κ3) is 4.44. The lowest BCUT2D eigenvalue weighted by molar-refractivity contribution is 0.239. The van der Waals surface area contributed by atoms with Crippen molar-refractivity contribution >= 4 is 12.0 Å². The SMILES string of the molecule is CC(C)NC(=O)NCCNc1nnnn1-c1ccccc1. The van der Waals surface area contributed by atoms with E-state index < -0.39 is 0 Å². The minimum absolute atomic E-state index is 0.114. The number of urea groups is 1. The van der Waals surface area contributed by atoms with E-state index in [2.05, 4.69) is 31.5 Å². The topological polar surface area (TPSA) is 96.8 Å². The molecule has 0 radical (unpaired) electrons. The summed E-state index contributed by atoms with van der Waals surface area (Å²) in [6, 6.07) is 9.51. The lowest BCUT2D eigenvalue weighted by Crippen LogP contribution is -2.41. The number of nitrogens with zero attached hydrogens (tertiary/aromatic N) is 4. The second-order valence-electron chi connectivity index (χ2n) is 4.73. The monoisotopic (exact) mass is 289 g/mol. The van der Waals surface area contributed by atoms with E-state index in [4.69, 9.17) is 0 Å². The van der Waals surface area contributed by atoms with Crippen molar-refractivity contribution < 1.29 is 4.79 Å². The molecular formula is C13H19N7O. The molecule has 0 aliphatic rings. The van der Waals surface area contributed by atoms with Crippen LogP contribution in [0.25, 0.3) is 5.69 Å². The normalized spacial score (nSPS) is 10.4. The van der Waals surface area contributed by atoms with Crippen molar-refractivity contribution in [1.29, 1.82) is 0 Å². The van der Waals surface area contributed by atoms with Gasteiger partial charge in [0.25, 0.3) is 0 Å². The van der Waals surface area contributed by atoms with E-state index in [1.165, 1.54) is 0 Å². The Balaban J connectivity index is 1.82. The molecule has 8 heteroatoms. The Morgan fingerprint density at radius 2 is 2.00 bits per heavy atom. The molecule has 0 fully saturated rings. The minimum Gasteiger partial charge on any atom is -0.351 e. The molecule has 112 valence electrons. The van der Waals surface area contributed by atoms with Crippen molar-refractivity contribution in [3.05, 3.63) is 30.3 Å². The van der Waals surface area contributed by atoms with Crippen LogP contribution in [0.4, 0.5) is 10.7 Å². The first kappa shape index (κ1) is 14.8. The Hall–Kier alpha value is -2.64. The summed E-state index contributed by atoms with van der Waals surface area (Å²) in [5, 5.41) is 20.1. The smallest absolute Gasteiger partial charge is 0.315 e. The molecule has 0 saturated heterocycles. The van der Waals surface area contributed by atoms with Crippen LogP contribution in [0.5, 0.6) is 0 Å². The molecule has 21 heavy (non-hydrogen) atoms. The standard InChI is InChI=1S/C13H19N7O/c1-10(2)16-13(21)15-9-8-14-12-17-18-19-20(12)11-6-4-3-5-7-11/h3-7,10H,8-9H2,1-2H3,(H,14,17,19)(H2,15,16,21). The highest BCUT2D eigenvalue weighted by molar-refractivity contribution is 5.74. The summed E-state index contributed by atoms with van der Waals surface area (Å²) < 4.78 is 1.61. The summed E-state index contributed by atoms with van der Waals surface area (Å²) in [5.41, 5.74) is 0.871. The highest BCUT2D eigenvalue weighted by atomic mass is 16.2. The van der Waals surface area contributed by atoms with Gasteiger partial charge < -0.3 is 16.0 Å². The molecular weight excluding hydrogens is 270 g/mol. The number of aromatic nitrogens is 4. The van der Waals surface area contributed by atoms with Crippen molar-refractivity contribution in [2.75, 3.05) is 18.4 Å². The molecule has 0 aliphatic carbocycles. The second-order valence-corrected chi connectivity index (χ2v) is 4.73. The van der Waals surface area contributed by atoms with Crippen LogP contribution in [0.2, 0.25) is 0 Å². The zero-order chi connectivity index (χ0) is 15.1. The van der Waals surface area contributed by atoms with Gasteiger partial charge in [-0.25, -0.2) is 4.79 Å². The van der Waals surface area contributed by atoms with Gasteiger partial charge in [0.15, 0.2) is 0 Å². The van der Waals surface area contributed by atoms with Crippen molar-refractivity contribution in [3.63, 3.8) is 0 Å². The van der Waals surface area contributed by atoms with Crippen LogP contribution in [-0.2, 0) is 0 Å². The molecule has 0 unspecified atom stereocenters. The lowest BCUT2D eigenvalue weighted by atomic mass is 10.3. The van der Waals surface area contributed by atoms with Crippen LogP contribution in [0.15, 0.2) is 30.3 Å². The van der Waals surface area contributed by atoms with Gasteiger partial charge in [0.05, 0.1) is 5.69 Å². The molecule has 1 aromatic carbocycles. The first-order valence-corrected chi connectivity index (χ1v) is 6.79. The van der Waals surface area contributed by atoms with Crippen LogP contribution in [0.3, 0.4) is 0 Å². The zero-order valence-corrected chi connectivity index (χ0v) is 12.1. The molecule has 1 aromatic heterocycles. The Labute approximate surface area is 122 Å². The molecule has 0 saturated carbocycles. The molecule has 8 nitrogen and oxygen atoms in total. The predicted octanol–water partition coefficient (Wildman–Crippen LogP) is 0.782. The van der Waals surface area contributed by atoms with Crippen LogP contribution < -0.4 is 16.0 Å². The molecule has 0 aliphatic heterocycles. The predicted molar refractivity (Wildman–Crippen MR) is 79.3 cm³/mol. The lowest BCUT2D eigenvalue weighted by Gasteiger charge is -2.10. The van der Waals surface area contributed by atoms with Crippen molar-refractivity contribution in [2.24, 2.45) is 0 Å². The average Bonchev–Trinajstić information content (AvgIpc) is 2.92. The molecule has 0 bridgehead atoms. The maximum absolute atomic E-state index is 11.4. The number of tetrazole rings is 1. The number of carbonyl (C=O) groups excluding carboxylic acids is 1. The minimum atomic E-state index is -0.186. The molecule has 0 spiro atoms. The number of hydrogen-bond donors (Lipinski definition) is 3. The number of rotatable bonds is 6. The largest absolute Gasteiger partial charge is 0.351 e. The Morgan fingerprint density at radius 3 is 2.71 bits per heavy atom. The van der Waals surface area contributed by atoms with Crippen LogP contribution in [0, 0.1) is 0 Å². The number of nitrogens with one attached hydrogen (secondary N) is 3. The van der Waals surface area contributed by atoms with Crippen LogP contribution in [0.1, 0.15) is 13.8 Å². The maximum Gasteiger partial charge on any atom is 0.315 e. The van der Waals surface area contributed by atoms with E-state index in [1.807, 2.05) is 44.2 Å². The summed E-state index contributed by atoms with van der Waals surface area (Å²) in [6.45, 7) is 4.82. The van der Waals surface area contributed by atoms with Crippen molar-refractivity contribution in [2.45, 2.75) is 19.9 Å². The molecule has 2 amide bonds. The summed E-state index contributed by atoms with van der Waals surface area (Å²) in [6.07, 6.45) is 0. The molecule has 1 heterocycles. The van der Waals surface area contributed by atoms with Crippen LogP contribution in [-0.4, -0.2) is 45.4 Å². The Kier molecular flexibility index (Phi) is 5.08. The Bertz CT molecular complexity index is 567. The van der Waals surface area contributed by atoms with Gasteiger partial charge in [-0.2, -0.15) is 4.68 Å². The van der Waals surface area contributed by atoms with Crippen molar-refractivity contribution in [3.8, 4) is 5.69 Å². The fourth-order valence-electron chi connectivity index (χ4n) is 1.70. The fraction of sp³-hybridized carbons (Fsp3) is 0.385. The molecule has 2 rings (SSSR count). The van der Waals surface area contributed by atoms with Crippen LogP contribution >= 0.6 is 0 Å². The quantitative estimate of drug-likeness (QED) is 0.683. The molecule has 0 atom stereocenters. The average molecular weight is 289 g/mol. The summed E-state index contributed by atoms with van der Waals surface area (Å²) in [5.74, 6) is 0.535. The number of benzene rings is 1. The number of anilines is 1. The number of para-hydroxylation sites is 1. The summed E-state index contributed by atoms with van der Waals surface area (Å²) in [7, 11) is 0. The number of hydrogen-bond acceptors (Lipinski definition) is 5. The maximum atomic E-state index is 11.4. The Morgan fingerprint density at radius 1 is 1.24 bits per heavy atom. The third-order valence-electron chi connectivity index (χ3n) is 2.58. The first-order chi connectivity index (χ1) is 10.2. The van der Waals surface area contributed by atoms with Gasteiger partial charge in [-0.15, -0.1) is 0 Å². The molecule has 3 N–H and O–H groups in total. The fourth-order valence-corrected chi connectivity index (χ4v) is 1.70. The zero-order valence-electron chi connectivity index (χ0n) is 12.1. The number of carbonyl (C=O) groups is 1. The van der Waals surface area contributed by atoms with E-state index in [-0.39, 0.29) is 12.1 Å². The highest BCUT2D eigenvalue weighted by Crippen LogP contribution is 2.09. The van der Waals surface area contributed by atoms with Gasteiger partial charge in [0.2, 0.25) is 5.95 Å². The third-order valence-corrected chi connectivity index (χ3v) is 2.58. The van der Waals surface area contributed by atoms with Crippen molar-refractivity contribution in [1.82, 2.24) is 30.8 Å². The van der Waals surface area contributed by atoms with E-state index >= 15 is 0 Å².